The second kappa shape index (κ2) is 4.62. The number of hydrogen-bond donors (Lipinski definition) is 0. The van der Waals surface area contributed by atoms with Crippen LogP contribution in [0, 0.1) is 5.92 Å². The first-order valence-electron chi connectivity index (χ1n) is 5.95. The van der Waals surface area contributed by atoms with Gasteiger partial charge in [-0.1, -0.05) is 13.8 Å². The summed E-state index contributed by atoms with van der Waals surface area (Å²) in [7, 11) is 0. The van der Waals surface area contributed by atoms with Gasteiger partial charge in [-0.15, -0.1) is 0 Å². The zero-order valence-electron chi connectivity index (χ0n) is 9.57. The van der Waals surface area contributed by atoms with E-state index in [1.807, 2.05) is 0 Å². The van der Waals surface area contributed by atoms with Crippen LogP contribution >= 0.6 is 0 Å². The van der Waals surface area contributed by atoms with Crippen LogP contribution in [0.15, 0.2) is 0 Å². The molecule has 2 aliphatic rings. The van der Waals surface area contributed by atoms with E-state index in [1.54, 1.807) is 0 Å². The van der Waals surface area contributed by atoms with E-state index in [2.05, 4.69) is 13.8 Å². The Morgan fingerprint density at radius 3 is 2.80 bits per heavy atom. The average molecular weight is 212 g/mol. The number of ether oxygens (including phenoxy) is 2. The van der Waals surface area contributed by atoms with Crippen molar-refractivity contribution in [2.75, 3.05) is 6.61 Å². The molecule has 3 atom stereocenters. The summed E-state index contributed by atoms with van der Waals surface area (Å²) >= 11 is 0. The molecule has 0 bridgehead atoms. The number of Topliss-reactive ketones (excluding diaryl/α,β-unsaturated/α-hetero) is 1. The maximum Gasteiger partial charge on any atom is 0.135 e. The van der Waals surface area contributed by atoms with Crippen LogP contribution in [0.25, 0.3) is 0 Å². The SMILES string of the molecule is CC(C)[C@@H]1CCC(=O)CC2OCC[C@@H]2O1. The van der Waals surface area contributed by atoms with Crippen molar-refractivity contribution in [1.29, 1.82) is 0 Å². The highest BCUT2D eigenvalue weighted by atomic mass is 16.6. The molecule has 2 aliphatic heterocycles. The molecule has 0 aliphatic carbocycles. The Kier molecular flexibility index (Phi) is 3.42. The minimum Gasteiger partial charge on any atom is -0.375 e. The van der Waals surface area contributed by atoms with Gasteiger partial charge in [0.25, 0.3) is 0 Å². The molecule has 0 aromatic carbocycles. The van der Waals surface area contributed by atoms with Crippen LogP contribution in [0.1, 0.15) is 39.5 Å². The van der Waals surface area contributed by atoms with Crippen molar-refractivity contribution in [2.45, 2.75) is 57.8 Å². The molecule has 0 aromatic heterocycles. The third kappa shape index (κ3) is 2.58. The lowest BCUT2D eigenvalue weighted by molar-refractivity contribution is -0.131. The Balaban J connectivity index is 2.04. The highest BCUT2D eigenvalue weighted by molar-refractivity contribution is 5.79. The number of carbonyl (C=O) groups is 1. The molecule has 0 amide bonds. The predicted molar refractivity (Wildman–Crippen MR) is 56.7 cm³/mol. The molecule has 86 valence electrons. The first kappa shape index (κ1) is 11.1. The molecule has 3 nitrogen and oxygen atoms in total. The summed E-state index contributed by atoms with van der Waals surface area (Å²) in [6, 6.07) is 0. The van der Waals surface area contributed by atoms with Gasteiger partial charge >= 0.3 is 0 Å². The number of hydrogen-bond acceptors (Lipinski definition) is 3. The first-order valence-corrected chi connectivity index (χ1v) is 5.95. The van der Waals surface area contributed by atoms with Crippen LogP contribution in [0.3, 0.4) is 0 Å². The maximum atomic E-state index is 11.6. The van der Waals surface area contributed by atoms with E-state index in [1.165, 1.54) is 0 Å². The molecule has 2 saturated heterocycles. The van der Waals surface area contributed by atoms with Gasteiger partial charge in [-0.25, -0.2) is 0 Å². The quantitative estimate of drug-likeness (QED) is 0.666. The summed E-state index contributed by atoms with van der Waals surface area (Å²) in [5, 5.41) is 0. The Labute approximate surface area is 91.1 Å². The van der Waals surface area contributed by atoms with Gasteiger partial charge in [0.05, 0.1) is 18.3 Å². The van der Waals surface area contributed by atoms with Crippen molar-refractivity contribution < 1.29 is 14.3 Å². The second-order valence-electron chi connectivity index (χ2n) is 4.94. The number of carbonyl (C=O) groups excluding carboxylic acids is 1. The molecule has 0 radical (unpaired) electrons. The van der Waals surface area contributed by atoms with Gasteiger partial charge in [0.2, 0.25) is 0 Å². The van der Waals surface area contributed by atoms with E-state index < -0.39 is 0 Å². The largest absolute Gasteiger partial charge is 0.375 e. The Morgan fingerprint density at radius 2 is 2.07 bits per heavy atom. The number of ketones is 1. The third-order valence-electron chi connectivity index (χ3n) is 3.38. The number of fused-ring (bicyclic) bond motifs is 1. The molecular formula is C12H20O3. The lowest BCUT2D eigenvalue weighted by atomic mass is 9.95. The van der Waals surface area contributed by atoms with Crippen molar-refractivity contribution >= 4 is 5.78 Å². The zero-order chi connectivity index (χ0) is 10.8. The summed E-state index contributed by atoms with van der Waals surface area (Å²) in [6.45, 7) is 5.05. The van der Waals surface area contributed by atoms with Gasteiger partial charge in [0, 0.05) is 19.4 Å². The molecule has 2 heterocycles. The van der Waals surface area contributed by atoms with E-state index in [4.69, 9.17) is 9.47 Å². The van der Waals surface area contributed by atoms with Crippen LogP contribution in [0.4, 0.5) is 0 Å². The van der Waals surface area contributed by atoms with E-state index in [9.17, 15) is 4.79 Å². The van der Waals surface area contributed by atoms with E-state index >= 15 is 0 Å². The fourth-order valence-electron chi connectivity index (χ4n) is 2.39. The fraction of sp³-hybridized carbons (Fsp3) is 0.917. The molecule has 2 rings (SSSR count). The third-order valence-corrected chi connectivity index (χ3v) is 3.38. The second-order valence-corrected chi connectivity index (χ2v) is 4.94. The van der Waals surface area contributed by atoms with E-state index in [0.717, 1.165) is 19.4 Å². The molecule has 0 spiro atoms. The van der Waals surface area contributed by atoms with Gasteiger partial charge in [-0.2, -0.15) is 0 Å². The molecular weight excluding hydrogens is 192 g/mol. The van der Waals surface area contributed by atoms with Crippen molar-refractivity contribution in [1.82, 2.24) is 0 Å². The fourth-order valence-corrected chi connectivity index (χ4v) is 2.39. The van der Waals surface area contributed by atoms with Crippen LogP contribution in [0.5, 0.6) is 0 Å². The summed E-state index contributed by atoms with van der Waals surface area (Å²) in [4.78, 5) is 11.6. The Bertz CT molecular complexity index is 237. The predicted octanol–water partition coefficient (Wildman–Crippen LogP) is 1.94. The van der Waals surface area contributed by atoms with E-state index in [0.29, 0.717) is 24.5 Å². The van der Waals surface area contributed by atoms with Crippen molar-refractivity contribution in [2.24, 2.45) is 5.92 Å². The van der Waals surface area contributed by atoms with Crippen molar-refractivity contribution in [3.05, 3.63) is 0 Å². The molecule has 0 N–H and O–H groups in total. The lowest BCUT2D eigenvalue weighted by Crippen LogP contribution is -2.36. The summed E-state index contributed by atoms with van der Waals surface area (Å²) in [5.41, 5.74) is 0. The summed E-state index contributed by atoms with van der Waals surface area (Å²) in [6.07, 6.45) is 3.43. The van der Waals surface area contributed by atoms with Crippen molar-refractivity contribution in [3.63, 3.8) is 0 Å². The van der Waals surface area contributed by atoms with Gasteiger partial charge in [-0.3, -0.25) is 4.79 Å². The zero-order valence-corrected chi connectivity index (χ0v) is 9.57. The van der Waals surface area contributed by atoms with Crippen molar-refractivity contribution in [3.8, 4) is 0 Å². The standard InChI is InChI=1S/C12H20O3/c1-8(2)10-4-3-9(13)7-12-11(15-10)5-6-14-12/h8,10-12H,3-7H2,1-2H3/t10-,11-,12?/m0/s1. The minimum absolute atomic E-state index is 0.0269. The van der Waals surface area contributed by atoms with Gasteiger partial charge in [-0.05, 0) is 18.8 Å². The normalized spacial score (nSPS) is 37.5. The van der Waals surface area contributed by atoms with Gasteiger partial charge < -0.3 is 9.47 Å². The molecule has 0 saturated carbocycles. The van der Waals surface area contributed by atoms with Gasteiger partial charge in [0.15, 0.2) is 0 Å². The minimum atomic E-state index is 0.0269. The molecule has 0 aromatic rings. The van der Waals surface area contributed by atoms with Crippen LogP contribution in [-0.4, -0.2) is 30.7 Å². The molecule has 15 heavy (non-hydrogen) atoms. The van der Waals surface area contributed by atoms with Crippen LogP contribution in [-0.2, 0) is 14.3 Å². The Hall–Kier alpha value is -0.410. The van der Waals surface area contributed by atoms with Gasteiger partial charge in [0.1, 0.15) is 5.78 Å². The van der Waals surface area contributed by atoms with E-state index in [-0.39, 0.29) is 18.3 Å². The molecule has 3 heteroatoms. The summed E-state index contributed by atoms with van der Waals surface area (Å²) < 4.78 is 11.6. The smallest absolute Gasteiger partial charge is 0.135 e. The highest BCUT2D eigenvalue weighted by Gasteiger charge is 2.35. The average Bonchev–Trinajstić information content (AvgIpc) is 2.55. The lowest BCUT2D eigenvalue weighted by Gasteiger charge is -2.30. The highest BCUT2D eigenvalue weighted by Crippen LogP contribution is 2.28. The molecule has 2 fully saturated rings. The van der Waals surface area contributed by atoms with Crippen LogP contribution < -0.4 is 0 Å². The monoisotopic (exact) mass is 212 g/mol. The Morgan fingerprint density at radius 1 is 1.27 bits per heavy atom. The van der Waals surface area contributed by atoms with Crippen LogP contribution in [0.2, 0.25) is 0 Å². The topological polar surface area (TPSA) is 35.5 Å². The summed E-state index contributed by atoms with van der Waals surface area (Å²) in [5.74, 6) is 0.818. The molecule has 1 unspecified atom stereocenters. The first-order chi connectivity index (χ1) is 7.16. The maximum absolute atomic E-state index is 11.6. The number of rotatable bonds is 1.